The number of hydrogen-bond donors (Lipinski definition) is 2. The van der Waals surface area contributed by atoms with Gasteiger partial charge in [0, 0.05) is 13.0 Å². The molecule has 1 aromatic rings. The van der Waals surface area contributed by atoms with Crippen molar-refractivity contribution >= 4 is 17.7 Å². The summed E-state index contributed by atoms with van der Waals surface area (Å²) in [5.41, 5.74) is 2.95. The Kier molecular flexibility index (Phi) is 3.74. The fourth-order valence-electron chi connectivity index (χ4n) is 2.54. The smallest absolute Gasteiger partial charge is 0.322 e. The fraction of sp³-hybridized carbons (Fsp3) is 0.429. The van der Waals surface area contributed by atoms with Gasteiger partial charge in [0.1, 0.15) is 0 Å². The Morgan fingerprint density at radius 2 is 2.05 bits per heavy atom. The van der Waals surface area contributed by atoms with Crippen LogP contribution in [0.4, 0.5) is 10.5 Å². The summed E-state index contributed by atoms with van der Waals surface area (Å²) in [5, 5.41) is 11.6. The van der Waals surface area contributed by atoms with E-state index in [1.807, 2.05) is 32.0 Å². The van der Waals surface area contributed by atoms with Crippen molar-refractivity contribution in [2.75, 3.05) is 11.4 Å². The number of nitrogens with one attached hydrogen (secondary N) is 1. The zero-order valence-electron chi connectivity index (χ0n) is 11.1. The Labute approximate surface area is 112 Å². The minimum absolute atomic E-state index is 0.0705. The number of urea groups is 1. The van der Waals surface area contributed by atoms with E-state index in [4.69, 9.17) is 5.11 Å². The van der Waals surface area contributed by atoms with E-state index in [1.165, 1.54) is 0 Å². The van der Waals surface area contributed by atoms with Crippen LogP contribution < -0.4 is 10.2 Å². The summed E-state index contributed by atoms with van der Waals surface area (Å²) in [5.74, 6) is -0.833. The van der Waals surface area contributed by atoms with Crippen LogP contribution in [0.25, 0.3) is 0 Å². The summed E-state index contributed by atoms with van der Waals surface area (Å²) in [6.07, 6.45) is 0.531. The van der Waals surface area contributed by atoms with Gasteiger partial charge in [0.25, 0.3) is 0 Å². The molecule has 19 heavy (non-hydrogen) atoms. The largest absolute Gasteiger partial charge is 0.481 e. The third kappa shape index (κ3) is 2.70. The lowest BCUT2D eigenvalue weighted by Crippen LogP contribution is -2.35. The molecule has 1 atom stereocenters. The van der Waals surface area contributed by atoms with Crippen molar-refractivity contribution in [3.05, 3.63) is 29.3 Å². The molecule has 5 heteroatoms. The first kappa shape index (κ1) is 13.4. The maximum atomic E-state index is 12.0. The fourth-order valence-corrected chi connectivity index (χ4v) is 2.54. The van der Waals surface area contributed by atoms with Crippen LogP contribution in [0.5, 0.6) is 0 Å². The molecule has 0 bridgehead atoms. The summed E-state index contributed by atoms with van der Waals surface area (Å²) in [4.78, 5) is 24.4. The lowest BCUT2D eigenvalue weighted by atomic mass is 10.0. The lowest BCUT2D eigenvalue weighted by molar-refractivity contribution is -0.137. The van der Waals surface area contributed by atoms with E-state index in [1.54, 1.807) is 4.90 Å². The molecule has 1 fully saturated rings. The second kappa shape index (κ2) is 5.30. The molecule has 0 aliphatic carbocycles. The molecule has 1 aliphatic heterocycles. The van der Waals surface area contributed by atoms with E-state index < -0.39 is 5.97 Å². The zero-order valence-corrected chi connectivity index (χ0v) is 11.1. The topological polar surface area (TPSA) is 69.6 Å². The summed E-state index contributed by atoms with van der Waals surface area (Å²) in [6.45, 7) is 4.42. The number of carbonyl (C=O) groups excluding carboxylic acids is 1. The van der Waals surface area contributed by atoms with E-state index in [0.29, 0.717) is 13.0 Å². The van der Waals surface area contributed by atoms with Crippen molar-refractivity contribution in [1.82, 2.24) is 5.32 Å². The molecule has 0 spiro atoms. The quantitative estimate of drug-likeness (QED) is 0.872. The first-order valence-corrected chi connectivity index (χ1v) is 6.35. The maximum absolute atomic E-state index is 12.0. The SMILES string of the molecule is Cc1cccc(C)c1N1C(=O)NCC1CCC(=O)O. The van der Waals surface area contributed by atoms with Crippen LogP contribution in [0.15, 0.2) is 18.2 Å². The van der Waals surface area contributed by atoms with E-state index >= 15 is 0 Å². The highest BCUT2D eigenvalue weighted by Crippen LogP contribution is 2.29. The number of aryl methyl sites for hydroxylation is 2. The molecule has 0 saturated carbocycles. The van der Waals surface area contributed by atoms with Gasteiger partial charge in [-0.25, -0.2) is 4.79 Å². The number of anilines is 1. The van der Waals surface area contributed by atoms with Crippen LogP contribution in [-0.4, -0.2) is 29.7 Å². The summed E-state index contributed by atoms with van der Waals surface area (Å²) >= 11 is 0. The number of para-hydroxylation sites is 1. The van der Waals surface area contributed by atoms with Gasteiger partial charge >= 0.3 is 12.0 Å². The lowest BCUT2D eigenvalue weighted by Gasteiger charge is -2.26. The predicted molar refractivity (Wildman–Crippen MR) is 72.5 cm³/mol. The standard InChI is InChI=1S/C14H18N2O3/c1-9-4-3-5-10(2)13(9)16-11(6-7-12(17)18)8-15-14(16)19/h3-5,11H,6-8H2,1-2H3,(H,15,19)(H,17,18). The Bertz CT molecular complexity index is 493. The first-order valence-electron chi connectivity index (χ1n) is 6.35. The molecule has 2 rings (SSSR count). The number of rotatable bonds is 4. The van der Waals surface area contributed by atoms with Gasteiger partial charge < -0.3 is 10.4 Å². The molecule has 1 heterocycles. The van der Waals surface area contributed by atoms with Gasteiger partial charge in [0.2, 0.25) is 0 Å². The number of benzene rings is 1. The second-order valence-electron chi connectivity index (χ2n) is 4.88. The first-order chi connectivity index (χ1) is 9.00. The van der Waals surface area contributed by atoms with Crippen LogP contribution in [0.2, 0.25) is 0 Å². The molecule has 1 unspecified atom stereocenters. The molecule has 102 valence electrons. The highest BCUT2D eigenvalue weighted by molar-refractivity contribution is 5.96. The van der Waals surface area contributed by atoms with Crippen LogP contribution in [0, 0.1) is 13.8 Å². The Hall–Kier alpha value is -2.04. The van der Waals surface area contributed by atoms with Crippen LogP contribution in [0.3, 0.4) is 0 Å². The Morgan fingerprint density at radius 3 is 2.63 bits per heavy atom. The van der Waals surface area contributed by atoms with Gasteiger partial charge in [0.05, 0.1) is 11.7 Å². The number of aliphatic carboxylic acids is 1. The van der Waals surface area contributed by atoms with E-state index in [-0.39, 0.29) is 18.5 Å². The van der Waals surface area contributed by atoms with E-state index in [0.717, 1.165) is 16.8 Å². The molecule has 2 N–H and O–H groups in total. The molecular formula is C14H18N2O3. The number of carbonyl (C=O) groups is 2. The van der Waals surface area contributed by atoms with Crippen molar-refractivity contribution in [1.29, 1.82) is 0 Å². The number of hydrogen-bond acceptors (Lipinski definition) is 2. The van der Waals surface area contributed by atoms with Crippen LogP contribution >= 0.6 is 0 Å². The van der Waals surface area contributed by atoms with Crippen LogP contribution in [0.1, 0.15) is 24.0 Å². The monoisotopic (exact) mass is 262 g/mol. The predicted octanol–water partition coefficient (Wildman–Crippen LogP) is 2.07. The number of carboxylic acid groups (broad SMARTS) is 1. The average molecular weight is 262 g/mol. The molecule has 0 aromatic heterocycles. The van der Waals surface area contributed by atoms with Gasteiger partial charge in [-0.3, -0.25) is 9.69 Å². The average Bonchev–Trinajstić information content (AvgIpc) is 2.69. The number of amides is 2. The molecular weight excluding hydrogens is 244 g/mol. The van der Waals surface area contributed by atoms with E-state index in [2.05, 4.69) is 5.32 Å². The van der Waals surface area contributed by atoms with Gasteiger partial charge in [-0.2, -0.15) is 0 Å². The van der Waals surface area contributed by atoms with Crippen molar-refractivity contribution in [2.45, 2.75) is 32.7 Å². The minimum atomic E-state index is -0.833. The van der Waals surface area contributed by atoms with Crippen molar-refractivity contribution in [2.24, 2.45) is 0 Å². The van der Waals surface area contributed by atoms with Crippen molar-refractivity contribution in [3.63, 3.8) is 0 Å². The Morgan fingerprint density at radius 1 is 1.42 bits per heavy atom. The summed E-state index contributed by atoms with van der Waals surface area (Å²) in [6, 6.07) is 5.63. The highest BCUT2D eigenvalue weighted by atomic mass is 16.4. The number of nitrogens with zero attached hydrogens (tertiary/aromatic N) is 1. The molecule has 1 aliphatic rings. The molecule has 1 aromatic carbocycles. The van der Waals surface area contributed by atoms with Crippen molar-refractivity contribution in [3.8, 4) is 0 Å². The van der Waals surface area contributed by atoms with E-state index in [9.17, 15) is 9.59 Å². The zero-order chi connectivity index (χ0) is 14.0. The molecule has 2 amide bonds. The second-order valence-corrected chi connectivity index (χ2v) is 4.88. The molecule has 5 nitrogen and oxygen atoms in total. The normalized spacial score (nSPS) is 18.5. The van der Waals surface area contributed by atoms with Gasteiger partial charge in [0.15, 0.2) is 0 Å². The highest BCUT2D eigenvalue weighted by Gasteiger charge is 2.33. The summed E-state index contributed by atoms with van der Waals surface area (Å²) in [7, 11) is 0. The summed E-state index contributed by atoms with van der Waals surface area (Å²) < 4.78 is 0. The Balaban J connectivity index is 2.29. The van der Waals surface area contributed by atoms with Gasteiger partial charge in [-0.1, -0.05) is 18.2 Å². The van der Waals surface area contributed by atoms with Gasteiger partial charge in [-0.15, -0.1) is 0 Å². The van der Waals surface area contributed by atoms with Gasteiger partial charge in [-0.05, 0) is 31.4 Å². The number of carboxylic acids is 1. The molecule has 0 radical (unpaired) electrons. The minimum Gasteiger partial charge on any atom is -0.481 e. The maximum Gasteiger partial charge on any atom is 0.322 e. The van der Waals surface area contributed by atoms with Crippen LogP contribution in [-0.2, 0) is 4.79 Å². The third-order valence-corrected chi connectivity index (χ3v) is 3.44. The third-order valence-electron chi connectivity index (χ3n) is 3.44. The molecule has 1 saturated heterocycles. The van der Waals surface area contributed by atoms with Crippen molar-refractivity contribution < 1.29 is 14.7 Å².